The SMILES string of the molecule is O=C(c1ccc2ccccc2c1)N1CCN(c2nccs2)CC1. The number of anilines is 1. The van der Waals surface area contributed by atoms with E-state index < -0.39 is 0 Å². The minimum atomic E-state index is 0.120. The molecule has 4 rings (SSSR count). The number of thiazole rings is 1. The van der Waals surface area contributed by atoms with Gasteiger partial charge in [0, 0.05) is 43.3 Å². The van der Waals surface area contributed by atoms with Crippen LogP contribution < -0.4 is 4.90 Å². The van der Waals surface area contributed by atoms with E-state index in [0.29, 0.717) is 0 Å². The lowest BCUT2D eigenvalue weighted by molar-refractivity contribution is 0.0747. The zero-order chi connectivity index (χ0) is 15.6. The molecule has 1 aliphatic heterocycles. The Kier molecular flexibility index (Phi) is 3.71. The largest absolute Gasteiger partial charge is 0.345 e. The first-order valence-electron chi connectivity index (χ1n) is 7.74. The van der Waals surface area contributed by atoms with Crippen LogP contribution in [0.3, 0.4) is 0 Å². The van der Waals surface area contributed by atoms with Gasteiger partial charge in [-0.2, -0.15) is 0 Å². The first kappa shape index (κ1) is 14.2. The highest BCUT2D eigenvalue weighted by Gasteiger charge is 2.23. The van der Waals surface area contributed by atoms with Crippen molar-refractivity contribution < 1.29 is 4.79 Å². The predicted molar refractivity (Wildman–Crippen MR) is 94.2 cm³/mol. The minimum absolute atomic E-state index is 0.120. The van der Waals surface area contributed by atoms with Crippen LogP contribution >= 0.6 is 11.3 Å². The van der Waals surface area contributed by atoms with Crippen LogP contribution in [0.2, 0.25) is 0 Å². The Morgan fingerprint density at radius 2 is 1.78 bits per heavy atom. The van der Waals surface area contributed by atoms with Crippen molar-refractivity contribution in [2.75, 3.05) is 31.1 Å². The lowest BCUT2D eigenvalue weighted by Crippen LogP contribution is -2.48. The number of hydrogen-bond acceptors (Lipinski definition) is 4. The van der Waals surface area contributed by atoms with Gasteiger partial charge >= 0.3 is 0 Å². The molecule has 1 aliphatic rings. The molecule has 0 N–H and O–H groups in total. The van der Waals surface area contributed by atoms with Crippen molar-refractivity contribution in [3.63, 3.8) is 0 Å². The molecule has 2 aromatic carbocycles. The number of amides is 1. The molecule has 1 saturated heterocycles. The molecule has 0 aliphatic carbocycles. The first-order valence-corrected chi connectivity index (χ1v) is 8.62. The summed E-state index contributed by atoms with van der Waals surface area (Å²) in [6.45, 7) is 3.16. The molecule has 1 fully saturated rings. The maximum absolute atomic E-state index is 12.7. The molecule has 0 unspecified atom stereocenters. The Labute approximate surface area is 139 Å². The molecule has 4 nitrogen and oxygen atoms in total. The number of benzene rings is 2. The Balaban J connectivity index is 1.48. The summed E-state index contributed by atoms with van der Waals surface area (Å²) in [5, 5.41) is 5.31. The molecule has 0 bridgehead atoms. The molecule has 0 radical (unpaired) electrons. The van der Waals surface area contributed by atoms with Gasteiger partial charge in [0.15, 0.2) is 5.13 Å². The lowest BCUT2D eigenvalue weighted by Gasteiger charge is -2.34. The second-order valence-corrected chi connectivity index (χ2v) is 6.53. The van der Waals surface area contributed by atoms with E-state index in [-0.39, 0.29) is 5.91 Å². The summed E-state index contributed by atoms with van der Waals surface area (Å²) in [6.07, 6.45) is 1.83. The van der Waals surface area contributed by atoms with Crippen molar-refractivity contribution in [2.24, 2.45) is 0 Å². The highest BCUT2D eigenvalue weighted by atomic mass is 32.1. The van der Waals surface area contributed by atoms with E-state index in [1.165, 1.54) is 0 Å². The van der Waals surface area contributed by atoms with Gasteiger partial charge in [0.05, 0.1) is 0 Å². The van der Waals surface area contributed by atoms with Crippen molar-refractivity contribution in [2.45, 2.75) is 0 Å². The van der Waals surface area contributed by atoms with Crippen LogP contribution in [-0.4, -0.2) is 42.0 Å². The Morgan fingerprint density at radius 3 is 2.52 bits per heavy atom. The van der Waals surface area contributed by atoms with Gasteiger partial charge in [0.25, 0.3) is 5.91 Å². The number of piperazine rings is 1. The summed E-state index contributed by atoms with van der Waals surface area (Å²) in [6, 6.07) is 14.1. The van der Waals surface area contributed by atoms with Crippen LogP contribution in [0.5, 0.6) is 0 Å². The van der Waals surface area contributed by atoms with Gasteiger partial charge in [0.2, 0.25) is 0 Å². The summed E-state index contributed by atoms with van der Waals surface area (Å²) in [5.74, 6) is 0.120. The first-order chi connectivity index (χ1) is 11.3. The third kappa shape index (κ3) is 2.80. The fourth-order valence-corrected chi connectivity index (χ4v) is 3.67. The van der Waals surface area contributed by atoms with Crippen molar-refractivity contribution >= 4 is 33.1 Å². The summed E-state index contributed by atoms with van der Waals surface area (Å²) in [4.78, 5) is 21.3. The average Bonchev–Trinajstić information content (AvgIpc) is 3.15. The smallest absolute Gasteiger partial charge is 0.253 e. The fraction of sp³-hybridized carbons (Fsp3) is 0.222. The van der Waals surface area contributed by atoms with E-state index in [1.54, 1.807) is 11.3 Å². The molecule has 2 heterocycles. The monoisotopic (exact) mass is 323 g/mol. The molecule has 0 atom stereocenters. The predicted octanol–water partition coefficient (Wildman–Crippen LogP) is 3.26. The van der Waals surface area contributed by atoms with Crippen LogP contribution in [0.15, 0.2) is 54.0 Å². The molecular formula is C18H17N3OS. The summed E-state index contributed by atoms with van der Waals surface area (Å²) < 4.78 is 0. The highest BCUT2D eigenvalue weighted by molar-refractivity contribution is 7.13. The summed E-state index contributed by atoms with van der Waals surface area (Å²) in [5.41, 5.74) is 0.770. The molecular weight excluding hydrogens is 306 g/mol. The van der Waals surface area contributed by atoms with E-state index in [1.807, 2.05) is 52.9 Å². The minimum Gasteiger partial charge on any atom is -0.345 e. The number of nitrogens with zero attached hydrogens (tertiary/aromatic N) is 3. The third-order valence-electron chi connectivity index (χ3n) is 4.25. The van der Waals surface area contributed by atoms with Crippen molar-refractivity contribution in [1.29, 1.82) is 0 Å². The zero-order valence-electron chi connectivity index (χ0n) is 12.7. The molecule has 0 spiro atoms. The van der Waals surface area contributed by atoms with Crippen LogP contribution in [0.4, 0.5) is 5.13 Å². The summed E-state index contributed by atoms with van der Waals surface area (Å²) >= 11 is 1.65. The highest BCUT2D eigenvalue weighted by Crippen LogP contribution is 2.21. The second-order valence-electron chi connectivity index (χ2n) is 5.66. The van der Waals surface area contributed by atoms with Crippen molar-refractivity contribution in [1.82, 2.24) is 9.88 Å². The van der Waals surface area contributed by atoms with Crippen molar-refractivity contribution in [3.8, 4) is 0 Å². The standard InChI is InChI=1S/C18H17N3OS/c22-17(16-6-5-14-3-1-2-4-15(14)13-16)20-8-10-21(11-9-20)18-19-7-12-23-18/h1-7,12-13H,8-11H2. The van der Waals surface area contributed by atoms with Crippen LogP contribution in [-0.2, 0) is 0 Å². The van der Waals surface area contributed by atoms with Gasteiger partial charge in [-0.1, -0.05) is 30.3 Å². The van der Waals surface area contributed by atoms with Gasteiger partial charge in [-0.3, -0.25) is 4.79 Å². The molecule has 116 valence electrons. The van der Waals surface area contributed by atoms with E-state index >= 15 is 0 Å². The zero-order valence-corrected chi connectivity index (χ0v) is 13.5. The van der Waals surface area contributed by atoms with Crippen LogP contribution in [0.25, 0.3) is 10.8 Å². The number of aromatic nitrogens is 1. The quantitative estimate of drug-likeness (QED) is 0.726. The van der Waals surface area contributed by atoms with E-state index in [0.717, 1.165) is 47.6 Å². The van der Waals surface area contributed by atoms with Gasteiger partial charge in [-0.25, -0.2) is 4.98 Å². The molecule has 1 amide bonds. The normalized spacial score (nSPS) is 15.1. The fourth-order valence-electron chi connectivity index (χ4n) is 2.98. The number of rotatable bonds is 2. The topological polar surface area (TPSA) is 36.4 Å². The van der Waals surface area contributed by atoms with Crippen molar-refractivity contribution in [3.05, 3.63) is 59.6 Å². The van der Waals surface area contributed by atoms with Gasteiger partial charge < -0.3 is 9.80 Å². The number of carbonyl (C=O) groups excluding carboxylic acids is 1. The van der Waals surface area contributed by atoms with Gasteiger partial charge in [-0.05, 0) is 22.9 Å². The average molecular weight is 323 g/mol. The second kappa shape index (κ2) is 6.01. The molecule has 3 aromatic rings. The number of carbonyl (C=O) groups is 1. The maximum Gasteiger partial charge on any atom is 0.253 e. The molecule has 0 saturated carbocycles. The lowest BCUT2D eigenvalue weighted by atomic mass is 10.1. The van der Waals surface area contributed by atoms with E-state index in [4.69, 9.17) is 0 Å². The van der Waals surface area contributed by atoms with Gasteiger partial charge in [0.1, 0.15) is 0 Å². The van der Waals surface area contributed by atoms with Crippen LogP contribution in [0.1, 0.15) is 10.4 Å². The van der Waals surface area contributed by atoms with Crippen LogP contribution in [0, 0.1) is 0 Å². The number of fused-ring (bicyclic) bond motifs is 1. The third-order valence-corrected chi connectivity index (χ3v) is 5.09. The molecule has 1 aromatic heterocycles. The number of hydrogen-bond donors (Lipinski definition) is 0. The Bertz CT molecular complexity index is 823. The van der Waals surface area contributed by atoms with E-state index in [9.17, 15) is 4.79 Å². The Morgan fingerprint density at radius 1 is 1.00 bits per heavy atom. The Hall–Kier alpha value is -2.40. The molecule has 23 heavy (non-hydrogen) atoms. The summed E-state index contributed by atoms with van der Waals surface area (Å²) in [7, 11) is 0. The van der Waals surface area contributed by atoms with E-state index in [2.05, 4.69) is 16.0 Å². The van der Waals surface area contributed by atoms with Gasteiger partial charge in [-0.15, -0.1) is 11.3 Å². The molecule has 5 heteroatoms. The maximum atomic E-state index is 12.7.